The molecule has 2 aromatic carbocycles. The Hall–Kier alpha value is -4.25. The third kappa shape index (κ3) is 5.38. The summed E-state index contributed by atoms with van der Waals surface area (Å²) >= 11 is 0. The lowest BCUT2D eigenvalue weighted by Gasteiger charge is -2.37. The van der Waals surface area contributed by atoms with Gasteiger partial charge in [-0.05, 0) is 47.7 Å². The Kier molecular flexibility index (Phi) is 6.83. The largest absolute Gasteiger partial charge is 0.481 e. The van der Waals surface area contributed by atoms with Gasteiger partial charge in [0.1, 0.15) is 6.07 Å². The van der Waals surface area contributed by atoms with Gasteiger partial charge in [-0.25, -0.2) is 14.8 Å². The summed E-state index contributed by atoms with van der Waals surface area (Å²) in [5.74, 6) is -0.766. The quantitative estimate of drug-likeness (QED) is 0.497. The number of aromatic nitrogens is 2. The van der Waals surface area contributed by atoms with Gasteiger partial charge in [-0.15, -0.1) is 0 Å². The molecule has 1 heterocycles. The molecule has 3 N–H and O–H groups in total. The number of nitriles is 1. The molecule has 1 aliphatic rings. The summed E-state index contributed by atoms with van der Waals surface area (Å²) in [5.41, 5.74) is 3.35. The predicted octanol–water partition coefficient (Wildman–Crippen LogP) is 4.62. The Morgan fingerprint density at radius 3 is 2.24 bits per heavy atom. The summed E-state index contributed by atoms with van der Waals surface area (Å²) in [6.45, 7) is 0. The molecule has 0 aliphatic heterocycles. The molecule has 0 atom stereocenters. The fourth-order valence-electron chi connectivity index (χ4n) is 4.39. The molecule has 4 rings (SSSR count). The van der Waals surface area contributed by atoms with Crippen molar-refractivity contribution in [1.29, 1.82) is 5.26 Å². The Labute approximate surface area is 197 Å². The summed E-state index contributed by atoms with van der Waals surface area (Å²) in [6, 6.07) is 18.2. The van der Waals surface area contributed by atoms with Gasteiger partial charge in [0.2, 0.25) is 5.82 Å². The lowest BCUT2D eigenvalue weighted by Crippen LogP contribution is -2.49. The van der Waals surface area contributed by atoms with Gasteiger partial charge in [-0.2, -0.15) is 5.26 Å². The maximum absolute atomic E-state index is 12.9. The van der Waals surface area contributed by atoms with Gasteiger partial charge in [0.15, 0.2) is 0 Å². The molecule has 1 aromatic heterocycles. The Morgan fingerprint density at radius 2 is 1.62 bits per heavy atom. The van der Waals surface area contributed by atoms with Crippen molar-refractivity contribution in [3.05, 3.63) is 77.9 Å². The van der Waals surface area contributed by atoms with Crippen molar-refractivity contribution in [2.45, 2.75) is 44.1 Å². The highest BCUT2D eigenvalue weighted by molar-refractivity contribution is 5.90. The van der Waals surface area contributed by atoms with E-state index in [0.717, 1.165) is 48.8 Å². The number of amides is 2. The van der Waals surface area contributed by atoms with Crippen LogP contribution in [-0.2, 0) is 16.8 Å². The summed E-state index contributed by atoms with van der Waals surface area (Å²) in [5, 5.41) is 24.1. The number of aliphatic carboxylic acids is 1. The van der Waals surface area contributed by atoms with Crippen LogP contribution in [0.1, 0.15) is 49.2 Å². The van der Waals surface area contributed by atoms with Crippen LogP contribution in [0.5, 0.6) is 0 Å². The molecule has 0 bridgehead atoms. The van der Waals surface area contributed by atoms with E-state index in [0.29, 0.717) is 11.4 Å². The lowest BCUT2D eigenvalue weighted by atomic mass is 9.79. The average Bonchev–Trinajstić information content (AvgIpc) is 2.85. The standard InChI is InChI=1S/C26H25N5O3/c27-17-23-28-15-12-22(30-23)26(13-2-1-3-14-26)31-25(34)29-21-10-8-20(9-11-21)19-6-4-18(5-7-19)16-24(32)33/h4-12,15H,1-3,13-14,16H2,(H,32,33)(H2,29,31,34). The molecule has 34 heavy (non-hydrogen) atoms. The minimum atomic E-state index is -0.860. The highest BCUT2D eigenvalue weighted by Gasteiger charge is 2.37. The fraction of sp³-hybridized carbons (Fsp3) is 0.269. The van der Waals surface area contributed by atoms with Crippen LogP contribution in [0, 0.1) is 11.3 Å². The van der Waals surface area contributed by atoms with E-state index < -0.39 is 11.5 Å². The normalized spacial score (nSPS) is 14.6. The average molecular weight is 456 g/mol. The Bertz CT molecular complexity index is 1210. The van der Waals surface area contributed by atoms with Crippen LogP contribution in [0.4, 0.5) is 10.5 Å². The molecule has 8 heteroatoms. The van der Waals surface area contributed by atoms with Crippen molar-refractivity contribution in [1.82, 2.24) is 15.3 Å². The van der Waals surface area contributed by atoms with Gasteiger partial charge < -0.3 is 15.7 Å². The van der Waals surface area contributed by atoms with Gasteiger partial charge in [0.25, 0.3) is 0 Å². The molecule has 1 saturated carbocycles. The van der Waals surface area contributed by atoms with Crippen molar-refractivity contribution in [2.75, 3.05) is 5.32 Å². The molecule has 0 saturated heterocycles. The van der Waals surface area contributed by atoms with Gasteiger partial charge in [0.05, 0.1) is 17.7 Å². The zero-order valence-corrected chi connectivity index (χ0v) is 18.6. The Morgan fingerprint density at radius 1 is 0.971 bits per heavy atom. The first-order valence-electron chi connectivity index (χ1n) is 11.2. The summed E-state index contributed by atoms with van der Waals surface area (Å²) in [4.78, 5) is 32.1. The highest BCUT2D eigenvalue weighted by atomic mass is 16.4. The zero-order valence-electron chi connectivity index (χ0n) is 18.6. The van der Waals surface area contributed by atoms with Crippen molar-refractivity contribution < 1.29 is 14.7 Å². The number of hydrogen-bond acceptors (Lipinski definition) is 5. The minimum absolute atomic E-state index is 0.00736. The molecule has 172 valence electrons. The SMILES string of the molecule is N#Cc1nccc(C2(NC(=O)Nc3ccc(-c4ccc(CC(=O)O)cc4)cc3)CCCCC2)n1. The number of hydrogen-bond donors (Lipinski definition) is 3. The second-order valence-electron chi connectivity index (χ2n) is 8.44. The first-order chi connectivity index (χ1) is 16.5. The number of carboxylic acid groups (broad SMARTS) is 1. The number of carboxylic acids is 1. The van der Waals surface area contributed by atoms with E-state index in [9.17, 15) is 14.9 Å². The molecule has 8 nitrogen and oxygen atoms in total. The second-order valence-corrected chi connectivity index (χ2v) is 8.44. The van der Waals surface area contributed by atoms with E-state index in [1.807, 2.05) is 42.5 Å². The molecule has 0 unspecified atom stereocenters. The number of anilines is 1. The van der Waals surface area contributed by atoms with Crippen molar-refractivity contribution in [2.24, 2.45) is 0 Å². The second kappa shape index (κ2) is 10.1. The topological polar surface area (TPSA) is 128 Å². The van der Waals surface area contributed by atoms with E-state index in [2.05, 4.69) is 20.6 Å². The third-order valence-electron chi connectivity index (χ3n) is 6.09. The number of carbonyl (C=O) groups is 2. The molecule has 0 radical (unpaired) electrons. The molecule has 0 spiro atoms. The van der Waals surface area contributed by atoms with Gasteiger partial charge in [-0.3, -0.25) is 4.79 Å². The van der Waals surface area contributed by atoms with E-state index in [-0.39, 0.29) is 18.3 Å². The zero-order chi connectivity index (χ0) is 24.0. The van der Waals surface area contributed by atoms with E-state index >= 15 is 0 Å². The van der Waals surface area contributed by atoms with Crippen LogP contribution >= 0.6 is 0 Å². The van der Waals surface area contributed by atoms with Crippen LogP contribution < -0.4 is 10.6 Å². The monoisotopic (exact) mass is 455 g/mol. The summed E-state index contributed by atoms with van der Waals surface area (Å²) < 4.78 is 0. The summed E-state index contributed by atoms with van der Waals surface area (Å²) in [7, 11) is 0. The third-order valence-corrected chi connectivity index (χ3v) is 6.09. The van der Waals surface area contributed by atoms with Gasteiger partial charge in [0, 0.05) is 11.9 Å². The van der Waals surface area contributed by atoms with Crippen LogP contribution in [0.15, 0.2) is 60.8 Å². The van der Waals surface area contributed by atoms with Crippen LogP contribution in [0.2, 0.25) is 0 Å². The van der Waals surface area contributed by atoms with E-state index in [1.165, 1.54) is 0 Å². The fourth-order valence-corrected chi connectivity index (χ4v) is 4.39. The molecule has 1 fully saturated rings. The molecule has 2 amide bonds. The molecule has 1 aliphatic carbocycles. The first-order valence-corrected chi connectivity index (χ1v) is 11.2. The van der Waals surface area contributed by atoms with E-state index in [1.54, 1.807) is 24.4 Å². The first kappa shape index (κ1) is 22.9. The van der Waals surface area contributed by atoms with Crippen molar-refractivity contribution in [3.8, 4) is 17.2 Å². The molecule has 3 aromatic rings. The molecular weight excluding hydrogens is 430 g/mol. The van der Waals surface area contributed by atoms with Crippen molar-refractivity contribution in [3.63, 3.8) is 0 Å². The van der Waals surface area contributed by atoms with Gasteiger partial charge in [-0.1, -0.05) is 55.7 Å². The number of benzene rings is 2. The molecular formula is C26H25N5O3. The van der Waals surface area contributed by atoms with Crippen molar-refractivity contribution >= 4 is 17.7 Å². The number of nitrogens with zero attached hydrogens (tertiary/aromatic N) is 3. The predicted molar refractivity (Wildman–Crippen MR) is 127 cm³/mol. The number of rotatable bonds is 6. The van der Waals surface area contributed by atoms with E-state index in [4.69, 9.17) is 5.11 Å². The Balaban J connectivity index is 1.45. The highest BCUT2D eigenvalue weighted by Crippen LogP contribution is 2.36. The van der Waals surface area contributed by atoms with Crippen LogP contribution in [0.3, 0.4) is 0 Å². The summed E-state index contributed by atoms with van der Waals surface area (Å²) in [6.07, 6.45) is 6.08. The lowest BCUT2D eigenvalue weighted by molar-refractivity contribution is -0.136. The van der Waals surface area contributed by atoms with Gasteiger partial charge >= 0.3 is 12.0 Å². The maximum atomic E-state index is 12.9. The van der Waals surface area contributed by atoms with Crippen LogP contribution in [0.25, 0.3) is 11.1 Å². The maximum Gasteiger partial charge on any atom is 0.319 e. The number of nitrogens with one attached hydrogen (secondary N) is 2. The number of urea groups is 1. The smallest absolute Gasteiger partial charge is 0.319 e. The minimum Gasteiger partial charge on any atom is -0.481 e. The van der Waals surface area contributed by atoms with Crippen LogP contribution in [-0.4, -0.2) is 27.1 Å². The number of carbonyl (C=O) groups excluding carboxylic acids is 1.